The molecule has 0 saturated heterocycles. The quantitative estimate of drug-likeness (QED) is 0.101. The number of nitrogens with zero attached hydrogens (tertiary/aromatic N) is 5. The average Bonchev–Trinajstić information content (AvgIpc) is 1.44. The van der Waals surface area contributed by atoms with Gasteiger partial charge >= 0.3 is 0 Å². The molecule has 3 aromatic heterocycles. The Labute approximate surface area is 531 Å². The Morgan fingerprint density at radius 1 is 0.506 bits per heavy atom. The van der Waals surface area contributed by atoms with Gasteiger partial charge in [-0.1, -0.05) is 177 Å². The normalized spacial score (nSPS) is 20.3. The van der Waals surface area contributed by atoms with Gasteiger partial charge in [0.25, 0.3) is 0 Å². The van der Waals surface area contributed by atoms with Gasteiger partial charge in [-0.05, 0) is 154 Å². The Morgan fingerprint density at radius 3 is 1.70 bits per heavy atom. The van der Waals surface area contributed by atoms with Crippen LogP contribution in [0, 0.1) is 42.5 Å². The number of fused-ring (bicyclic) bond motifs is 7. The predicted molar refractivity (Wildman–Crippen MR) is 366 cm³/mol. The van der Waals surface area contributed by atoms with E-state index in [-0.39, 0.29) is 37.3 Å². The van der Waals surface area contributed by atoms with Crippen molar-refractivity contribution < 1.29 is 25.8 Å². The molecule has 444 valence electrons. The zero-order valence-electron chi connectivity index (χ0n) is 52.6. The predicted octanol–water partition coefficient (Wildman–Crippen LogP) is 19.5. The molecule has 0 unspecified atom stereocenters. The molecule has 0 amide bonds. The van der Waals surface area contributed by atoms with Crippen LogP contribution in [-0.2, 0) is 37.3 Å². The molecule has 0 N–H and O–H groups in total. The molecule has 4 aliphatic carbocycles. The number of aromatic nitrogens is 3. The first-order valence-corrected chi connectivity index (χ1v) is 38.6. The number of benzene rings is 8. The number of hydrogen-bond acceptors (Lipinski definition) is 4. The van der Waals surface area contributed by atoms with E-state index in [1.54, 1.807) is 0 Å². The third kappa shape index (κ3) is 9.51. The molecule has 16 rings (SSSR count). The van der Waals surface area contributed by atoms with Crippen LogP contribution in [-0.4, -0.2) is 30.3 Å². The largest absolute Gasteiger partial charge is 0.509 e. The summed E-state index contributed by atoms with van der Waals surface area (Å²) in [7, 11) is -3.57. The van der Waals surface area contributed by atoms with E-state index in [1.165, 1.54) is 109 Å². The summed E-state index contributed by atoms with van der Waals surface area (Å²) in [5.41, 5.74) is 15.3. The van der Waals surface area contributed by atoms with E-state index in [0.29, 0.717) is 23.3 Å². The monoisotopic (exact) mass is 1350 g/mol. The minimum atomic E-state index is -1.79. The maximum absolute atomic E-state index is 7.17. The molecule has 5 aliphatic rings. The summed E-state index contributed by atoms with van der Waals surface area (Å²) in [6.07, 6.45) is 8.61. The number of rotatable bonds is 10. The molecule has 4 saturated carbocycles. The average molecular weight is 1350 g/mol. The minimum Gasteiger partial charge on any atom is -0.509 e. The third-order valence-electron chi connectivity index (χ3n) is 20.3. The summed E-state index contributed by atoms with van der Waals surface area (Å²) in [5.74, 6) is 4.93. The first-order chi connectivity index (χ1) is 41.1. The molecule has 0 spiro atoms. The van der Waals surface area contributed by atoms with E-state index < -0.39 is 16.1 Å². The zero-order chi connectivity index (χ0) is 59.4. The van der Waals surface area contributed by atoms with Crippen LogP contribution in [0.3, 0.4) is 0 Å². The van der Waals surface area contributed by atoms with Gasteiger partial charge in [-0.15, -0.1) is 53.6 Å². The van der Waals surface area contributed by atoms with Crippen molar-refractivity contribution in [3.05, 3.63) is 217 Å². The first-order valence-electron chi connectivity index (χ1n) is 31.6. The Kier molecular flexibility index (Phi) is 13.8. The van der Waals surface area contributed by atoms with Crippen molar-refractivity contribution in [2.45, 2.75) is 129 Å². The van der Waals surface area contributed by atoms with Gasteiger partial charge in [0, 0.05) is 83.2 Å². The minimum absolute atomic E-state index is 0. The third-order valence-corrected chi connectivity index (χ3v) is 24.3. The van der Waals surface area contributed by atoms with Crippen molar-refractivity contribution >= 4 is 92.9 Å². The van der Waals surface area contributed by atoms with Crippen LogP contribution in [0.2, 0.25) is 39.3 Å². The molecule has 11 aromatic rings. The molecule has 1 aliphatic heterocycles. The molecular weight excluding hydrogens is 1270 g/mol. The SMILES string of the molecule is CC(C)(C)c1cc(Oc2[c-]c3c(cc2)c2cc(C(C)(C)C)ccc2n3-c2cc(C3(c4ccc(-n5c6ccccc6c6ccccc65)cc4)C4CC5CC(C4)CC3C5)ccn2)[c-]c(N2[CH-]N(c3c([Si](C)(C)C)cccc3[Si](C)(C)C)c3ccccc32)c1.[Pt]. The second kappa shape index (κ2) is 20.8. The molecule has 4 heterocycles. The fraction of sp³-hybridized carbons (Fsp3) is 0.308. The van der Waals surface area contributed by atoms with Crippen molar-refractivity contribution in [1.29, 1.82) is 0 Å². The topological polar surface area (TPSA) is 38.5 Å². The molecule has 6 nitrogen and oxygen atoms in total. The maximum atomic E-state index is 7.17. The van der Waals surface area contributed by atoms with Crippen LogP contribution in [0.5, 0.6) is 11.5 Å². The second-order valence-corrected chi connectivity index (χ2v) is 40.0. The van der Waals surface area contributed by atoms with Gasteiger partial charge in [-0.25, -0.2) is 4.98 Å². The number of ether oxygens (including phenoxy) is 1. The standard InChI is InChI=1S/C78H80N5OSi2.Pt/c1-76(2,3)53-30-35-68-65(45-53)64-34-33-60(84-61-44-55(77(4,5)6)43-59(47-61)80-49-81(70-25-18-17-24-69(70)80)75-72(85(7,8)9)26-19-27-73(75)86(10,11)12)48-71(64)83(68)74-46-54(36-37-79-74)78(56-39-50-38-51(41-56)42-57(78)40-50)52-28-31-58(32-29-52)82-66-22-15-13-20-62(66)63-21-14-16-23-67(63)82;/h13-37,43-46,49-51,56-57H,38-42H2,1-12H3;/q-3;. The molecule has 8 aromatic carbocycles. The number of hydrogen-bond donors (Lipinski definition) is 0. The summed E-state index contributed by atoms with van der Waals surface area (Å²) >= 11 is 0. The van der Waals surface area contributed by atoms with E-state index in [9.17, 15) is 0 Å². The van der Waals surface area contributed by atoms with E-state index in [4.69, 9.17) is 9.72 Å². The summed E-state index contributed by atoms with van der Waals surface area (Å²) in [6, 6.07) is 71.9. The Bertz CT molecular complexity index is 4390. The van der Waals surface area contributed by atoms with Crippen LogP contribution in [0.4, 0.5) is 22.7 Å². The van der Waals surface area contributed by atoms with Gasteiger partial charge in [-0.3, -0.25) is 0 Å². The molecular formula is C78H80N5OPtSi2-3. The number of pyridine rings is 1. The molecule has 9 heteroatoms. The van der Waals surface area contributed by atoms with Crippen LogP contribution in [0.25, 0.3) is 55.1 Å². The van der Waals surface area contributed by atoms with E-state index in [1.807, 2.05) is 0 Å². The van der Waals surface area contributed by atoms with E-state index in [2.05, 4.69) is 295 Å². The zero-order valence-corrected chi connectivity index (χ0v) is 56.9. The first kappa shape index (κ1) is 57.8. The number of para-hydroxylation sites is 5. The molecule has 0 radical (unpaired) electrons. The van der Waals surface area contributed by atoms with Gasteiger partial charge < -0.3 is 23.7 Å². The van der Waals surface area contributed by atoms with Gasteiger partial charge in [0.05, 0.1) is 27.2 Å². The van der Waals surface area contributed by atoms with Crippen molar-refractivity contribution in [1.82, 2.24) is 14.1 Å². The summed E-state index contributed by atoms with van der Waals surface area (Å²) in [5, 5.41) is 7.86. The van der Waals surface area contributed by atoms with Crippen LogP contribution < -0.4 is 24.9 Å². The molecule has 4 fully saturated rings. The van der Waals surface area contributed by atoms with Gasteiger partial charge in [0.15, 0.2) is 0 Å². The van der Waals surface area contributed by atoms with E-state index >= 15 is 0 Å². The van der Waals surface area contributed by atoms with Gasteiger partial charge in [-0.2, -0.15) is 6.07 Å². The summed E-state index contributed by atoms with van der Waals surface area (Å²) < 4.78 is 12.0. The van der Waals surface area contributed by atoms with Crippen LogP contribution in [0.1, 0.15) is 95.9 Å². The Hall–Kier alpha value is -6.97. The molecule has 87 heavy (non-hydrogen) atoms. The Balaban J connectivity index is 0.00000667. The van der Waals surface area contributed by atoms with Crippen molar-refractivity contribution in [3.8, 4) is 23.0 Å². The Morgan fingerprint density at radius 2 is 1.09 bits per heavy atom. The number of anilines is 4. The van der Waals surface area contributed by atoms with Crippen LogP contribution in [0.15, 0.2) is 176 Å². The molecule has 0 atom stereocenters. The fourth-order valence-electron chi connectivity index (χ4n) is 16.4. The molecule has 4 bridgehead atoms. The fourth-order valence-corrected chi connectivity index (χ4v) is 19.6. The smallest absolute Gasteiger partial charge is 0.135 e. The van der Waals surface area contributed by atoms with Crippen LogP contribution >= 0.6 is 0 Å². The van der Waals surface area contributed by atoms with E-state index in [0.717, 1.165) is 45.4 Å². The van der Waals surface area contributed by atoms with Crippen molar-refractivity contribution in [2.24, 2.45) is 23.7 Å². The van der Waals surface area contributed by atoms with Gasteiger partial charge in [0.2, 0.25) is 0 Å². The van der Waals surface area contributed by atoms with Crippen molar-refractivity contribution in [3.63, 3.8) is 0 Å². The van der Waals surface area contributed by atoms with Gasteiger partial charge in [0.1, 0.15) is 5.82 Å². The summed E-state index contributed by atoms with van der Waals surface area (Å²) in [4.78, 5) is 10.2. The van der Waals surface area contributed by atoms with Crippen molar-refractivity contribution in [2.75, 3.05) is 9.80 Å². The second-order valence-electron chi connectivity index (χ2n) is 29.9. The maximum Gasteiger partial charge on any atom is 0.135 e. The summed E-state index contributed by atoms with van der Waals surface area (Å²) in [6.45, 7) is 30.9.